The van der Waals surface area contributed by atoms with Gasteiger partial charge < -0.3 is 5.32 Å². The van der Waals surface area contributed by atoms with Gasteiger partial charge in [0.05, 0.1) is 5.69 Å². The van der Waals surface area contributed by atoms with E-state index in [1.165, 1.54) is 0 Å². The maximum absolute atomic E-state index is 12.2. The lowest BCUT2D eigenvalue weighted by atomic mass is 9.93. The summed E-state index contributed by atoms with van der Waals surface area (Å²) >= 11 is 0. The molecule has 3 rings (SSSR count). The number of allylic oxidation sites excluding steroid dienone is 2. The number of aromatic nitrogens is 4. The van der Waals surface area contributed by atoms with Crippen molar-refractivity contribution < 1.29 is 4.79 Å². The maximum atomic E-state index is 12.2. The predicted molar refractivity (Wildman–Crippen MR) is 79.0 cm³/mol. The summed E-state index contributed by atoms with van der Waals surface area (Å²) in [6, 6.07) is 5.72. The number of amides is 1. The lowest BCUT2D eigenvalue weighted by molar-refractivity contribution is -0.120. The number of hydrogen-bond donors (Lipinski definition) is 1. The molecule has 0 fully saturated rings. The molecule has 1 atom stereocenters. The number of tetrazole rings is 1. The molecule has 0 saturated heterocycles. The van der Waals surface area contributed by atoms with Gasteiger partial charge >= 0.3 is 0 Å². The normalized spacial score (nSPS) is 17.7. The third-order valence-corrected chi connectivity index (χ3v) is 3.70. The first-order valence-corrected chi connectivity index (χ1v) is 7.04. The maximum Gasteiger partial charge on any atom is 0.227 e. The molecule has 6 heteroatoms. The van der Waals surface area contributed by atoms with Gasteiger partial charge in [-0.15, -0.1) is 5.10 Å². The highest BCUT2D eigenvalue weighted by atomic mass is 16.1. The second kappa shape index (κ2) is 5.87. The van der Waals surface area contributed by atoms with E-state index < -0.39 is 0 Å². The second-order valence-electron chi connectivity index (χ2n) is 5.23. The molecule has 1 heterocycles. The summed E-state index contributed by atoms with van der Waals surface area (Å²) in [5, 5.41) is 14.1. The van der Waals surface area contributed by atoms with Gasteiger partial charge in [-0.05, 0) is 60.4 Å². The smallest absolute Gasteiger partial charge is 0.227 e. The fraction of sp³-hybridized carbons (Fsp3) is 0.333. The molecule has 1 aliphatic rings. The van der Waals surface area contributed by atoms with E-state index in [9.17, 15) is 4.79 Å². The third kappa shape index (κ3) is 2.99. The summed E-state index contributed by atoms with van der Waals surface area (Å²) in [6.45, 7) is 1.97. The molecule has 0 bridgehead atoms. The zero-order valence-electron chi connectivity index (χ0n) is 11.9. The van der Waals surface area contributed by atoms with Gasteiger partial charge in [-0.2, -0.15) is 0 Å². The van der Waals surface area contributed by atoms with Gasteiger partial charge in [-0.3, -0.25) is 4.79 Å². The molecule has 2 aromatic rings. The minimum Gasteiger partial charge on any atom is -0.326 e. The molecular formula is C15H17N5O. The van der Waals surface area contributed by atoms with Crippen LogP contribution in [0.3, 0.4) is 0 Å². The van der Waals surface area contributed by atoms with E-state index in [2.05, 4.69) is 33.0 Å². The van der Waals surface area contributed by atoms with Crippen molar-refractivity contribution in [1.29, 1.82) is 0 Å². The average Bonchev–Trinajstić information content (AvgIpc) is 3.02. The average molecular weight is 283 g/mol. The van der Waals surface area contributed by atoms with Gasteiger partial charge in [0.1, 0.15) is 6.33 Å². The minimum atomic E-state index is 0.0782. The van der Waals surface area contributed by atoms with Gasteiger partial charge in [0.25, 0.3) is 0 Å². The summed E-state index contributed by atoms with van der Waals surface area (Å²) < 4.78 is 1.60. The number of nitrogens with zero attached hydrogens (tertiary/aromatic N) is 4. The topological polar surface area (TPSA) is 72.7 Å². The third-order valence-electron chi connectivity index (χ3n) is 3.70. The zero-order valence-corrected chi connectivity index (χ0v) is 11.9. The highest BCUT2D eigenvalue weighted by Crippen LogP contribution is 2.22. The first-order valence-electron chi connectivity index (χ1n) is 7.04. The van der Waals surface area contributed by atoms with Gasteiger partial charge in [0, 0.05) is 11.6 Å². The number of carbonyl (C=O) groups excluding carboxylic acids is 1. The standard InChI is InChI=1S/C15H17N5O/c1-11-9-13(7-8-14(11)20-10-16-18-19-20)17-15(21)12-5-3-2-4-6-12/h2-3,7-10,12H,4-6H2,1H3,(H,17,21). The van der Waals surface area contributed by atoms with Crippen LogP contribution in [0.15, 0.2) is 36.7 Å². The Hall–Kier alpha value is -2.50. The quantitative estimate of drug-likeness (QED) is 0.877. The summed E-state index contributed by atoms with van der Waals surface area (Å²) in [6.07, 6.45) is 8.50. The molecule has 0 radical (unpaired) electrons. The van der Waals surface area contributed by atoms with Crippen LogP contribution in [0.1, 0.15) is 24.8 Å². The zero-order chi connectivity index (χ0) is 14.7. The number of benzene rings is 1. The fourth-order valence-corrected chi connectivity index (χ4v) is 2.54. The molecule has 21 heavy (non-hydrogen) atoms. The molecule has 1 aliphatic carbocycles. The van der Waals surface area contributed by atoms with E-state index in [4.69, 9.17) is 0 Å². The number of rotatable bonds is 3. The Bertz CT molecular complexity index is 663. The predicted octanol–water partition coefficient (Wildman–Crippen LogP) is 2.27. The molecule has 1 unspecified atom stereocenters. The van der Waals surface area contributed by atoms with E-state index in [1.54, 1.807) is 11.0 Å². The van der Waals surface area contributed by atoms with Crippen LogP contribution in [0.25, 0.3) is 5.69 Å². The summed E-state index contributed by atoms with van der Waals surface area (Å²) in [5.74, 6) is 0.170. The fourth-order valence-electron chi connectivity index (χ4n) is 2.54. The molecule has 0 aliphatic heterocycles. The van der Waals surface area contributed by atoms with E-state index >= 15 is 0 Å². The molecule has 108 valence electrons. The molecule has 0 saturated carbocycles. The van der Waals surface area contributed by atoms with Crippen molar-refractivity contribution in [2.75, 3.05) is 5.32 Å². The minimum absolute atomic E-state index is 0.0782. The van der Waals surface area contributed by atoms with Crippen LogP contribution in [0.4, 0.5) is 5.69 Å². The van der Waals surface area contributed by atoms with E-state index in [0.717, 1.165) is 36.2 Å². The summed E-state index contributed by atoms with van der Waals surface area (Å²) in [7, 11) is 0. The monoisotopic (exact) mass is 283 g/mol. The summed E-state index contributed by atoms with van der Waals surface area (Å²) in [5.41, 5.74) is 2.71. The summed E-state index contributed by atoms with van der Waals surface area (Å²) in [4.78, 5) is 12.2. The largest absolute Gasteiger partial charge is 0.326 e. The van der Waals surface area contributed by atoms with Crippen molar-refractivity contribution in [3.8, 4) is 5.69 Å². The SMILES string of the molecule is Cc1cc(NC(=O)C2CC=CCC2)ccc1-n1cnnn1. The van der Waals surface area contributed by atoms with Gasteiger partial charge in [0.2, 0.25) is 5.91 Å². The number of hydrogen-bond acceptors (Lipinski definition) is 4. The Morgan fingerprint density at radius 1 is 1.38 bits per heavy atom. The van der Waals surface area contributed by atoms with Crippen LogP contribution in [0.2, 0.25) is 0 Å². The van der Waals surface area contributed by atoms with Crippen molar-refractivity contribution >= 4 is 11.6 Å². The Morgan fingerprint density at radius 3 is 2.95 bits per heavy atom. The van der Waals surface area contributed by atoms with Crippen LogP contribution in [0, 0.1) is 12.8 Å². The molecule has 0 spiro atoms. The molecule has 1 aromatic heterocycles. The highest BCUT2D eigenvalue weighted by molar-refractivity contribution is 5.93. The van der Waals surface area contributed by atoms with Crippen LogP contribution < -0.4 is 5.32 Å². The number of nitrogens with one attached hydrogen (secondary N) is 1. The number of anilines is 1. The Balaban J connectivity index is 1.73. The van der Waals surface area contributed by atoms with Crippen molar-refractivity contribution in [3.05, 3.63) is 42.2 Å². The van der Waals surface area contributed by atoms with Crippen molar-refractivity contribution in [3.63, 3.8) is 0 Å². The number of aryl methyl sites for hydroxylation is 1. The van der Waals surface area contributed by atoms with Gasteiger partial charge in [0.15, 0.2) is 0 Å². The van der Waals surface area contributed by atoms with Crippen molar-refractivity contribution in [2.24, 2.45) is 5.92 Å². The first-order chi connectivity index (χ1) is 10.2. The second-order valence-corrected chi connectivity index (χ2v) is 5.23. The van der Waals surface area contributed by atoms with Crippen LogP contribution in [0.5, 0.6) is 0 Å². The van der Waals surface area contributed by atoms with E-state index in [1.807, 2.05) is 25.1 Å². The first kappa shape index (κ1) is 13.5. The van der Waals surface area contributed by atoms with Crippen molar-refractivity contribution in [1.82, 2.24) is 20.2 Å². The number of carbonyl (C=O) groups is 1. The highest BCUT2D eigenvalue weighted by Gasteiger charge is 2.18. The molecule has 1 N–H and O–H groups in total. The van der Waals surface area contributed by atoms with Crippen LogP contribution in [-0.2, 0) is 4.79 Å². The van der Waals surface area contributed by atoms with E-state index in [0.29, 0.717) is 0 Å². The van der Waals surface area contributed by atoms with Crippen molar-refractivity contribution in [2.45, 2.75) is 26.2 Å². The lowest BCUT2D eigenvalue weighted by Gasteiger charge is -2.17. The van der Waals surface area contributed by atoms with Crippen LogP contribution in [-0.4, -0.2) is 26.1 Å². The molecule has 1 aromatic carbocycles. The Labute approximate surface area is 122 Å². The van der Waals surface area contributed by atoms with Gasteiger partial charge in [-0.25, -0.2) is 4.68 Å². The lowest BCUT2D eigenvalue weighted by Crippen LogP contribution is -2.23. The Kier molecular flexibility index (Phi) is 3.77. The van der Waals surface area contributed by atoms with E-state index in [-0.39, 0.29) is 11.8 Å². The molecule has 1 amide bonds. The Morgan fingerprint density at radius 2 is 2.29 bits per heavy atom. The van der Waals surface area contributed by atoms with Crippen LogP contribution >= 0.6 is 0 Å². The van der Waals surface area contributed by atoms with Gasteiger partial charge in [-0.1, -0.05) is 12.2 Å². The molecule has 6 nitrogen and oxygen atoms in total. The molecular weight excluding hydrogens is 266 g/mol.